The molecule has 2 aromatic carbocycles. The summed E-state index contributed by atoms with van der Waals surface area (Å²) in [6.45, 7) is 5.58. The SMILES string of the molecule is CCC(C(=O)NC1CCCC1)N(Cc1cccc(OC)c1)C(=O)CN(c1ccccc1C(C)C)S(C)(=O)=O. The second-order valence-corrected chi connectivity index (χ2v) is 12.2. The van der Waals surface area contributed by atoms with Gasteiger partial charge in [-0.3, -0.25) is 13.9 Å². The van der Waals surface area contributed by atoms with Crippen molar-refractivity contribution < 1.29 is 22.7 Å². The van der Waals surface area contributed by atoms with Gasteiger partial charge in [0.25, 0.3) is 0 Å². The van der Waals surface area contributed by atoms with Crippen LogP contribution in [0.1, 0.15) is 69.9 Å². The molecule has 1 saturated carbocycles. The smallest absolute Gasteiger partial charge is 0.244 e. The maximum Gasteiger partial charge on any atom is 0.244 e. The molecule has 0 aromatic heterocycles. The molecule has 38 heavy (non-hydrogen) atoms. The molecule has 208 valence electrons. The molecule has 1 aliphatic carbocycles. The highest BCUT2D eigenvalue weighted by molar-refractivity contribution is 7.92. The van der Waals surface area contributed by atoms with Crippen LogP contribution >= 0.6 is 0 Å². The zero-order valence-corrected chi connectivity index (χ0v) is 24.0. The van der Waals surface area contributed by atoms with Crippen molar-refractivity contribution in [1.82, 2.24) is 10.2 Å². The predicted octanol–water partition coefficient (Wildman–Crippen LogP) is 4.45. The number of methoxy groups -OCH3 is 1. The molecule has 0 bridgehead atoms. The first-order valence-electron chi connectivity index (χ1n) is 13.3. The van der Waals surface area contributed by atoms with Gasteiger partial charge in [-0.25, -0.2) is 8.42 Å². The molecular formula is C29H41N3O5S. The highest BCUT2D eigenvalue weighted by Gasteiger charge is 2.33. The van der Waals surface area contributed by atoms with E-state index in [9.17, 15) is 18.0 Å². The number of sulfonamides is 1. The predicted molar refractivity (Wildman–Crippen MR) is 151 cm³/mol. The van der Waals surface area contributed by atoms with E-state index in [1.54, 1.807) is 19.2 Å². The van der Waals surface area contributed by atoms with Crippen LogP contribution in [0.5, 0.6) is 5.75 Å². The largest absolute Gasteiger partial charge is 0.497 e. The van der Waals surface area contributed by atoms with Crippen molar-refractivity contribution >= 4 is 27.5 Å². The molecule has 1 unspecified atom stereocenters. The number of hydrogen-bond donors (Lipinski definition) is 1. The number of nitrogens with zero attached hydrogens (tertiary/aromatic N) is 2. The molecule has 3 rings (SSSR count). The number of anilines is 1. The van der Waals surface area contributed by atoms with E-state index in [1.807, 2.05) is 57.2 Å². The summed E-state index contributed by atoms with van der Waals surface area (Å²) in [5, 5.41) is 3.12. The summed E-state index contributed by atoms with van der Waals surface area (Å²) in [5.74, 6) is 0.0513. The summed E-state index contributed by atoms with van der Waals surface area (Å²) in [6.07, 6.45) is 5.52. The van der Waals surface area contributed by atoms with Crippen molar-refractivity contribution in [3.63, 3.8) is 0 Å². The summed E-state index contributed by atoms with van der Waals surface area (Å²) >= 11 is 0. The number of nitrogens with one attached hydrogen (secondary N) is 1. The standard InChI is InChI=1S/C29H41N3O5S/c1-6-26(29(34)30-23-13-7-8-14-23)31(19-22-12-11-15-24(18-22)37-4)28(33)20-32(38(5,35)36)27-17-10-9-16-25(27)21(2)3/h9-12,15-18,21,23,26H,6-8,13-14,19-20H2,1-5H3,(H,30,34). The highest BCUT2D eigenvalue weighted by Crippen LogP contribution is 2.29. The molecule has 0 heterocycles. The molecule has 8 nitrogen and oxygen atoms in total. The van der Waals surface area contributed by atoms with Crippen LogP contribution in [0.4, 0.5) is 5.69 Å². The van der Waals surface area contributed by atoms with E-state index >= 15 is 0 Å². The van der Waals surface area contributed by atoms with Crippen molar-refractivity contribution in [2.75, 3.05) is 24.2 Å². The maximum absolute atomic E-state index is 14.0. The number of ether oxygens (including phenoxy) is 1. The van der Waals surface area contributed by atoms with E-state index in [4.69, 9.17) is 4.74 Å². The molecule has 0 radical (unpaired) electrons. The average Bonchev–Trinajstić information content (AvgIpc) is 3.39. The summed E-state index contributed by atoms with van der Waals surface area (Å²) in [5.41, 5.74) is 2.09. The van der Waals surface area contributed by atoms with E-state index in [0.29, 0.717) is 17.9 Å². The van der Waals surface area contributed by atoms with Crippen LogP contribution < -0.4 is 14.4 Å². The molecule has 0 spiro atoms. The lowest BCUT2D eigenvalue weighted by Gasteiger charge is -2.34. The molecule has 1 aliphatic rings. The number of rotatable bonds is 12. The van der Waals surface area contributed by atoms with E-state index in [2.05, 4.69) is 5.32 Å². The Balaban J connectivity index is 1.98. The molecular weight excluding hydrogens is 502 g/mol. The fraction of sp³-hybridized carbons (Fsp3) is 0.517. The Morgan fingerprint density at radius 1 is 1.08 bits per heavy atom. The number of hydrogen-bond acceptors (Lipinski definition) is 5. The Morgan fingerprint density at radius 3 is 2.37 bits per heavy atom. The third kappa shape index (κ3) is 7.49. The minimum Gasteiger partial charge on any atom is -0.497 e. The molecule has 9 heteroatoms. The first-order chi connectivity index (χ1) is 18.0. The molecule has 0 aliphatic heterocycles. The Kier molecular flexibility index (Phi) is 10.2. The van der Waals surface area contributed by atoms with Gasteiger partial charge in [-0.15, -0.1) is 0 Å². The Hall–Kier alpha value is -3.07. The molecule has 1 fully saturated rings. The van der Waals surface area contributed by atoms with Crippen LogP contribution in [0.15, 0.2) is 48.5 Å². The van der Waals surface area contributed by atoms with Crippen LogP contribution in [0.2, 0.25) is 0 Å². The zero-order valence-electron chi connectivity index (χ0n) is 23.1. The Morgan fingerprint density at radius 2 is 1.76 bits per heavy atom. The topological polar surface area (TPSA) is 96.0 Å². The first-order valence-corrected chi connectivity index (χ1v) is 15.2. The minimum absolute atomic E-state index is 0.0546. The maximum atomic E-state index is 14.0. The van der Waals surface area contributed by atoms with Crippen LogP contribution in [0.3, 0.4) is 0 Å². The average molecular weight is 544 g/mol. The van der Waals surface area contributed by atoms with E-state index in [0.717, 1.165) is 47.4 Å². The number of para-hydroxylation sites is 1. The van der Waals surface area contributed by atoms with Gasteiger partial charge in [-0.1, -0.05) is 63.9 Å². The molecule has 2 amide bonds. The van der Waals surface area contributed by atoms with Crippen molar-refractivity contribution in [3.8, 4) is 5.75 Å². The lowest BCUT2D eigenvalue weighted by Crippen LogP contribution is -2.53. The van der Waals surface area contributed by atoms with Crippen molar-refractivity contribution in [2.24, 2.45) is 0 Å². The van der Waals surface area contributed by atoms with Crippen LogP contribution in [-0.2, 0) is 26.2 Å². The molecule has 1 N–H and O–H groups in total. The number of benzene rings is 2. The van der Waals surface area contributed by atoms with Gasteiger partial charge in [0.1, 0.15) is 18.3 Å². The van der Waals surface area contributed by atoms with Crippen LogP contribution in [-0.4, -0.2) is 57.1 Å². The van der Waals surface area contributed by atoms with E-state index in [-0.39, 0.29) is 24.4 Å². The first kappa shape index (κ1) is 29.5. The van der Waals surface area contributed by atoms with E-state index in [1.165, 1.54) is 4.90 Å². The monoisotopic (exact) mass is 543 g/mol. The lowest BCUT2D eigenvalue weighted by atomic mass is 10.0. The van der Waals surface area contributed by atoms with Gasteiger partial charge in [0.2, 0.25) is 21.8 Å². The van der Waals surface area contributed by atoms with Crippen molar-refractivity contribution in [1.29, 1.82) is 0 Å². The lowest BCUT2D eigenvalue weighted by molar-refractivity contribution is -0.140. The van der Waals surface area contributed by atoms with E-state index < -0.39 is 28.5 Å². The number of amides is 2. The quantitative estimate of drug-likeness (QED) is 0.427. The molecule has 2 aromatic rings. The Bertz CT molecular complexity index is 1210. The van der Waals surface area contributed by atoms with Crippen molar-refractivity contribution in [2.45, 2.75) is 77.4 Å². The summed E-state index contributed by atoms with van der Waals surface area (Å²) in [6, 6.07) is 13.9. The number of carbonyl (C=O) groups excluding carboxylic acids is 2. The Labute approximate surface area is 227 Å². The summed E-state index contributed by atoms with van der Waals surface area (Å²) in [7, 11) is -2.22. The van der Waals surface area contributed by atoms with Crippen LogP contribution in [0.25, 0.3) is 0 Å². The third-order valence-corrected chi connectivity index (χ3v) is 8.21. The van der Waals surface area contributed by atoms with Gasteiger partial charge in [-0.2, -0.15) is 0 Å². The minimum atomic E-state index is -3.79. The molecule has 1 atom stereocenters. The van der Waals surface area contributed by atoms with Crippen LogP contribution in [0, 0.1) is 0 Å². The van der Waals surface area contributed by atoms with Gasteiger partial charge >= 0.3 is 0 Å². The van der Waals surface area contributed by atoms with Gasteiger partial charge < -0.3 is 15.0 Å². The normalized spacial score (nSPS) is 14.8. The van der Waals surface area contributed by atoms with Gasteiger partial charge in [0.05, 0.1) is 19.1 Å². The fourth-order valence-corrected chi connectivity index (χ4v) is 5.92. The fourth-order valence-electron chi connectivity index (χ4n) is 5.05. The van der Waals surface area contributed by atoms with Crippen molar-refractivity contribution in [3.05, 3.63) is 59.7 Å². The second kappa shape index (κ2) is 13.1. The van der Waals surface area contributed by atoms with Gasteiger partial charge in [0, 0.05) is 12.6 Å². The van der Waals surface area contributed by atoms with Gasteiger partial charge in [0.15, 0.2) is 0 Å². The summed E-state index contributed by atoms with van der Waals surface area (Å²) < 4.78 is 32.4. The highest BCUT2D eigenvalue weighted by atomic mass is 32.2. The molecule has 0 saturated heterocycles. The number of carbonyl (C=O) groups is 2. The third-order valence-electron chi connectivity index (χ3n) is 7.08. The van der Waals surface area contributed by atoms with Gasteiger partial charge in [-0.05, 0) is 54.5 Å². The zero-order chi connectivity index (χ0) is 27.9. The summed E-state index contributed by atoms with van der Waals surface area (Å²) in [4.78, 5) is 28.9. The second-order valence-electron chi connectivity index (χ2n) is 10.3.